The second kappa shape index (κ2) is 8.14. The van der Waals surface area contributed by atoms with Gasteiger partial charge >= 0.3 is 0 Å². The summed E-state index contributed by atoms with van der Waals surface area (Å²) in [6.07, 6.45) is 6.42. The van der Waals surface area contributed by atoms with Crippen LogP contribution in [0.4, 0.5) is 17.1 Å². The highest BCUT2D eigenvalue weighted by Crippen LogP contribution is 2.48. The Morgan fingerprint density at radius 2 is 1.68 bits per heavy atom. The molecule has 1 aliphatic rings. The molecule has 0 radical (unpaired) electrons. The lowest BCUT2D eigenvalue weighted by Gasteiger charge is -2.14. The van der Waals surface area contributed by atoms with Crippen molar-refractivity contribution < 1.29 is 31.0 Å². The molecule has 0 atom stereocenters. The van der Waals surface area contributed by atoms with Crippen molar-refractivity contribution in [2.24, 2.45) is 20.5 Å². The summed E-state index contributed by atoms with van der Waals surface area (Å²) >= 11 is 0. The highest BCUT2D eigenvalue weighted by molar-refractivity contribution is 7.86. The van der Waals surface area contributed by atoms with Crippen molar-refractivity contribution in [1.82, 2.24) is 0 Å². The van der Waals surface area contributed by atoms with Crippen LogP contribution in [0.3, 0.4) is 0 Å². The molecule has 0 unspecified atom stereocenters. The number of hydrogen-bond acceptors (Lipinski definition) is 10. The average Bonchev–Trinajstić information content (AvgIpc) is 2.68. The summed E-state index contributed by atoms with van der Waals surface area (Å²) < 4.78 is 67.0. The number of fused-ring (bicyclic) bond motifs is 1. The third-order valence-corrected chi connectivity index (χ3v) is 6.11. The van der Waals surface area contributed by atoms with Crippen LogP contribution in [0.1, 0.15) is 12.8 Å². The lowest BCUT2D eigenvalue weighted by atomic mass is 10.0. The number of rotatable bonds is 5. The number of phenolic OH excluding ortho intramolecular Hbond substituents is 1. The molecular formula is C17H17N5O7S2. The first-order valence-electron chi connectivity index (χ1n) is 8.59. The van der Waals surface area contributed by atoms with Crippen LogP contribution in [0.15, 0.2) is 66.3 Å². The second-order valence-corrected chi connectivity index (χ2v) is 9.16. The number of nitrogen functional groups attached to an aromatic ring is 1. The van der Waals surface area contributed by atoms with E-state index in [-0.39, 0.29) is 16.8 Å². The van der Waals surface area contributed by atoms with Crippen LogP contribution in [-0.2, 0) is 20.2 Å². The van der Waals surface area contributed by atoms with Crippen molar-refractivity contribution in [2.45, 2.75) is 22.6 Å². The van der Waals surface area contributed by atoms with Gasteiger partial charge in [0.15, 0.2) is 5.75 Å². The van der Waals surface area contributed by atoms with Crippen molar-refractivity contribution in [3.63, 3.8) is 0 Å². The van der Waals surface area contributed by atoms with Crippen LogP contribution in [0, 0.1) is 0 Å². The molecule has 1 aliphatic carbocycles. The van der Waals surface area contributed by atoms with E-state index in [1.807, 2.05) is 6.08 Å². The van der Waals surface area contributed by atoms with Gasteiger partial charge in [0, 0.05) is 12.4 Å². The van der Waals surface area contributed by atoms with Gasteiger partial charge in [0.1, 0.15) is 21.2 Å². The Morgan fingerprint density at radius 3 is 2.23 bits per heavy atom. The SMILES string of the molecule is CN=Nc1cc(S(=O)(=O)O)c2cc(S(=O)(=O)O)c(N=NC3=CC=CCC3)c(O)c2c1N. The van der Waals surface area contributed by atoms with E-state index in [2.05, 4.69) is 20.5 Å². The average molecular weight is 467 g/mol. The number of nitrogens with two attached hydrogens (primary N) is 1. The summed E-state index contributed by atoms with van der Waals surface area (Å²) in [5, 5.41) is 24.8. The molecule has 14 heteroatoms. The van der Waals surface area contributed by atoms with Gasteiger partial charge in [-0.2, -0.15) is 32.2 Å². The monoisotopic (exact) mass is 467 g/mol. The maximum absolute atomic E-state index is 12.0. The number of nitrogens with zero attached hydrogens (tertiary/aromatic N) is 4. The van der Waals surface area contributed by atoms with Gasteiger partial charge in [-0.25, -0.2) is 0 Å². The van der Waals surface area contributed by atoms with E-state index in [1.165, 1.54) is 7.05 Å². The molecule has 0 amide bonds. The van der Waals surface area contributed by atoms with Crippen molar-refractivity contribution in [1.29, 1.82) is 0 Å². The fraction of sp³-hybridized carbons (Fsp3) is 0.176. The maximum Gasteiger partial charge on any atom is 0.296 e. The number of hydrogen-bond donors (Lipinski definition) is 4. The maximum atomic E-state index is 12.0. The summed E-state index contributed by atoms with van der Waals surface area (Å²) in [4.78, 5) is -1.73. The van der Waals surface area contributed by atoms with Crippen molar-refractivity contribution in [3.05, 3.63) is 36.1 Å². The second-order valence-electron chi connectivity index (χ2n) is 6.38. The van der Waals surface area contributed by atoms with Crippen LogP contribution in [0.5, 0.6) is 5.75 Å². The standard InChI is InChI=1S/C17H17N5O7S2/c1-19-21-11-8-12(30(24,25)26)10-7-13(31(27,28)29)16(17(23)14(10)15(11)18)22-20-9-5-3-2-4-6-9/h2-3,5,7-8,23H,4,6,18H2,1H3,(H,24,25,26)(H,27,28,29). The summed E-state index contributed by atoms with van der Waals surface area (Å²) in [5.74, 6) is -0.878. The fourth-order valence-electron chi connectivity index (χ4n) is 2.99. The van der Waals surface area contributed by atoms with Crippen LogP contribution in [-0.4, -0.2) is 38.1 Å². The third kappa shape index (κ3) is 4.46. The molecule has 0 spiro atoms. The minimum absolute atomic E-state index is 0.208. The van der Waals surface area contributed by atoms with Gasteiger partial charge in [0.05, 0.1) is 16.8 Å². The zero-order valence-corrected chi connectivity index (χ0v) is 17.6. The van der Waals surface area contributed by atoms with Gasteiger partial charge in [-0.05, 0) is 31.1 Å². The molecule has 164 valence electrons. The predicted octanol–water partition coefficient (Wildman–Crippen LogP) is 3.65. The summed E-state index contributed by atoms with van der Waals surface area (Å²) in [7, 11) is -8.64. The lowest BCUT2D eigenvalue weighted by molar-refractivity contribution is 0.471. The van der Waals surface area contributed by atoms with Crippen molar-refractivity contribution in [3.8, 4) is 5.75 Å². The largest absolute Gasteiger partial charge is 0.505 e. The lowest BCUT2D eigenvalue weighted by Crippen LogP contribution is -2.04. The van der Waals surface area contributed by atoms with Crippen LogP contribution in [0.25, 0.3) is 10.8 Å². The Bertz CT molecular complexity index is 1410. The van der Waals surface area contributed by atoms with Crippen molar-refractivity contribution in [2.75, 3.05) is 12.8 Å². The quantitative estimate of drug-likeness (QED) is 0.289. The van der Waals surface area contributed by atoms with Crippen LogP contribution in [0.2, 0.25) is 0 Å². The Labute approximate surface area is 177 Å². The summed E-state index contributed by atoms with van der Waals surface area (Å²) in [6.45, 7) is 0. The van der Waals surface area contributed by atoms with Crippen molar-refractivity contribution >= 4 is 48.1 Å². The van der Waals surface area contributed by atoms with Gasteiger partial charge in [0.25, 0.3) is 20.2 Å². The van der Waals surface area contributed by atoms with Gasteiger partial charge in [0.2, 0.25) is 0 Å². The smallest absolute Gasteiger partial charge is 0.296 e. The minimum Gasteiger partial charge on any atom is -0.505 e. The first kappa shape index (κ1) is 22.5. The minimum atomic E-state index is -5.00. The molecular weight excluding hydrogens is 450 g/mol. The number of azo groups is 2. The van der Waals surface area contributed by atoms with Crippen LogP contribution >= 0.6 is 0 Å². The molecule has 5 N–H and O–H groups in total. The third-order valence-electron chi connectivity index (χ3n) is 4.35. The Morgan fingerprint density at radius 1 is 1.00 bits per heavy atom. The molecule has 0 bridgehead atoms. The Hall–Kier alpha value is -3.20. The highest BCUT2D eigenvalue weighted by atomic mass is 32.2. The number of phenols is 1. The van der Waals surface area contributed by atoms with E-state index in [0.29, 0.717) is 18.5 Å². The first-order chi connectivity index (χ1) is 14.4. The highest BCUT2D eigenvalue weighted by Gasteiger charge is 2.28. The van der Waals surface area contributed by atoms with Gasteiger partial charge in [-0.3, -0.25) is 9.11 Å². The Balaban J connectivity index is 2.48. The first-order valence-corrected chi connectivity index (χ1v) is 11.5. The predicted molar refractivity (Wildman–Crippen MR) is 111 cm³/mol. The molecule has 12 nitrogen and oxygen atoms in total. The number of aromatic hydroxyl groups is 1. The van der Waals surface area contributed by atoms with E-state index in [9.17, 15) is 31.0 Å². The normalized spacial score (nSPS) is 15.3. The molecule has 3 rings (SSSR count). The number of benzene rings is 2. The molecule has 0 aliphatic heterocycles. The molecule has 0 aromatic heterocycles. The molecule has 0 saturated heterocycles. The van der Waals surface area contributed by atoms with Gasteiger partial charge in [-0.1, -0.05) is 12.2 Å². The molecule has 2 aromatic carbocycles. The molecule has 0 saturated carbocycles. The van der Waals surface area contributed by atoms with E-state index in [1.54, 1.807) is 12.2 Å². The summed E-state index contributed by atoms with van der Waals surface area (Å²) in [6, 6.07) is 1.58. The molecule has 31 heavy (non-hydrogen) atoms. The number of anilines is 1. The Kier molecular flexibility index (Phi) is 5.91. The zero-order chi connectivity index (χ0) is 23.0. The van der Waals surface area contributed by atoms with Gasteiger partial charge < -0.3 is 10.8 Å². The van der Waals surface area contributed by atoms with Gasteiger partial charge in [-0.15, -0.1) is 5.11 Å². The number of allylic oxidation sites excluding steroid dienone is 4. The topological polar surface area (TPSA) is 204 Å². The van der Waals surface area contributed by atoms with Crippen LogP contribution < -0.4 is 5.73 Å². The fourth-order valence-corrected chi connectivity index (χ4v) is 4.34. The van der Waals surface area contributed by atoms with E-state index < -0.39 is 46.9 Å². The van der Waals surface area contributed by atoms with E-state index in [4.69, 9.17) is 5.73 Å². The molecule has 0 heterocycles. The molecule has 0 fully saturated rings. The molecule has 2 aromatic rings. The van der Waals surface area contributed by atoms with E-state index >= 15 is 0 Å². The summed E-state index contributed by atoms with van der Waals surface area (Å²) in [5.41, 5.74) is 5.33. The van der Waals surface area contributed by atoms with E-state index in [0.717, 1.165) is 12.1 Å². The zero-order valence-electron chi connectivity index (χ0n) is 16.0.